The Labute approximate surface area is 228 Å². The molecule has 0 spiro atoms. The van der Waals surface area contributed by atoms with E-state index in [1.807, 2.05) is 67.5 Å². The highest BCUT2D eigenvalue weighted by Gasteiger charge is 2.25. The van der Waals surface area contributed by atoms with Crippen molar-refractivity contribution >= 4 is 17.6 Å². The molecule has 0 saturated carbocycles. The molecule has 0 fully saturated rings. The minimum absolute atomic E-state index is 0.212. The fourth-order valence-corrected chi connectivity index (χ4v) is 3.88. The number of allylic oxidation sites excluding steroid dienone is 1. The first kappa shape index (κ1) is 33.3. The number of alkyl halides is 1. The van der Waals surface area contributed by atoms with Crippen LogP contribution in [0.1, 0.15) is 61.8 Å². The number of nitrogens with zero attached hydrogens (tertiary/aromatic N) is 5. The van der Waals surface area contributed by atoms with Crippen molar-refractivity contribution in [2.45, 2.75) is 73.5 Å². The van der Waals surface area contributed by atoms with Crippen LogP contribution in [0.3, 0.4) is 0 Å². The van der Waals surface area contributed by atoms with Gasteiger partial charge < -0.3 is 14.4 Å². The Bertz CT molecular complexity index is 894. The van der Waals surface area contributed by atoms with Gasteiger partial charge in [-0.05, 0) is 72.3 Å². The number of nitrogens with one attached hydrogen (secondary N) is 1. The molecule has 1 heterocycles. The molecule has 11 heteroatoms. The molecular weight excluding hydrogens is 489 g/mol. The van der Waals surface area contributed by atoms with E-state index in [9.17, 15) is 9.18 Å². The van der Waals surface area contributed by atoms with Gasteiger partial charge in [-0.15, -0.1) is 0 Å². The van der Waals surface area contributed by atoms with E-state index >= 15 is 0 Å². The number of halogens is 1. The molecule has 216 valence electrons. The molecule has 0 aliphatic carbocycles. The normalized spacial score (nSPS) is 16.7. The van der Waals surface area contributed by atoms with Crippen LogP contribution in [0.25, 0.3) is 0 Å². The first-order valence-electron chi connectivity index (χ1n) is 13.4. The third kappa shape index (κ3) is 11.3. The largest absolute Gasteiger partial charge is 0.443 e. The number of amidine groups is 1. The molecule has 1 aliphatic rings. The summed E-state index contributed by atoms with van der Waals surface area (Å²) in [5.74, 6) is 7.35. The SMILES string of the molecule is CC/N=C(CCN(CC)NC(=O)OC(C)(C)C)\C(=C/CF)C(C)N(CC)C1=N/C(=C\COCC)N(N)C=C1. The van der Waals surface area contributed by atoms with Gasteiger partial charge in [-0.3, -0.25) is 15.4 Å². The van der Waals surface area contributed by atoms with Crippen molar-refractivity contribution in [3.63, 3.8) is 0 Å². The lowest BCUT2D eigenvalue weighted by Crippen LogP contribution is -2.46. The highest BCUT2D eigenvalue weighted by molar-refractivity contribution is 6.03. The zero-order valence-corrected chi connectivity index (χ0v) is 24.5. The third-order valence-corrected chi connectivity index (χ3v) is 5.65. The second-order valence-corrected chi connectivity index (χ2v) is 9.55. The predicted octanol–water partition coefficient (Wildman–Crippen LogP) is 4.18. The van der Waals surface area contributed by atoms with Gasteiger partial charge in [-0.25, -0.2) is 25.0 Å². The molecule has 0 aromatic heterocycles. The second kappa shape index (κ2) is 17.0. The monoisotopic (exact) mass is 537 g/mol. The summed E-state index contributed by atoms with van der Waals surface area (Å²) in [4.78, 5) is 23.8. The summed E-state index contributed by atoms with van der Waals surface area (Å²) in [5, 5.41) is 3.22. The maximum atomic E-state index is 13.8. The molecule has 3 N–H and O–H groups in total. The number of likely N-dealkylation sites (N-methyl/N-ethyl adjacent to an activating group) is 1. The number of hydrogen-bond donors (Lipinski definition) is 2. The van der Waals surface area contributed by atoms with Crippen molar-refractivity contribution in [2.24, 2.45) is 15.8 Å². The van der Waals surface area contributed by atoms with Crippen molar-refractivity contribution in [2.75, 3.05) is 46.1 Å². The first-order valence-corrected chi connectivity index (χ1v) is 13.4. The van der Waals surface area contributed by atoms with Gasteiger partial charge in [0.2, 0.25) is 0 Å². The first-order chi connectivity index (χ1) is 18.0. The summed E-state index contributed by atoms with van der Waals surface area (Å²) in [6.45, 7) is 17.9. The second-order valence-electron chi connectivity index (χ2n) is 9.55. The summed E-state index contributed by atoms with van der Waals surface area (Å²) >= 11 is 0. The zero-order chi connectivity index (χ0) is 28.7. The average molecular weight is 538 g/mol. The molecular formula is C27H48FN7O3. The molecule has 10 nitrogen and oxygen atoms in total. The summed E-state index contributed by atoms with van der Waals surface area (Å²) in [7, 11) is 0. The number of carbonyl (C=O) groups excluding carboxylic acids is 1. The van der Waals surface area contributed by atoms with Crippen LogP contribution in [-0.4, -0.2) is 90.3 Å². The zero-order valence-electron chi connectivity index (χ0n) is 24.5. The standard InChI is InChI=1S/C27H48FN7O3/c1-9-30-23(14-18-33(10-2)32-26(36)38-27(6,7)8)22(13-17-28)21(5)34(11-3)24-15-19-35(29)25(31-24)16-20-37-12-4/h13,15-16,19,21H,9-12,14,17-18,20,29H2,1-8H3,(H,32,36)/b22-13-,25-16+,30-23-. The molecule has 1 unspecified atom stereocenters. The summed E-state index contributed by atoms with van der Waals surface area (Å²) in [6, 6.07) is -0.212. The maximum Gasteiger partial charge on any atom is 0.422 e. The van der Waals surface area contributed by atoms with Crippen LogP contribution >= 0.6 is 0 Å². The van der Waals surface area contributed by atoms with Crippen LogP contribution in [0.5, 0.6) is 0 Å². The van der Waals surface area contributed by atoms with E-state index in [-0.39, 0.29) is 6.04 Å². The summed E-state index contributed by atoms with van der Waals surface area (Å²) in [6.07, 6.45) is 6.99. The lowest BCUT2D eigenvalue weighted by Gasteiger charge is -2.34. The van der Waals surface area contributed by atoms with Crippen molar-refractivity contribution in [3.05, 3.63) is 35.8 Å². The number of hydrogen-bond acceptors (Lipinski definition) is 9. The van der Waals surface area contributed by atoms with Gasteiger partial charge in [0.15, 0.2) is 0 Å². The highest BCUT2D eigenvalue weighted by Crippen LogP contribution is 2.20. The molecule has 0 radical (unpaired) electrons. The Morgan fingerprint density at radius 1 is 1.29 bits per heavy atom. The van der Waals surface area contributed by atoms with Crippen molar-refractivity contribution in [3.8, 4) is 0 Å². The molecule has 1 rings (SSSR count). The van der Waals surface area contributed by atoms with Gasteiger partial charge in [0, 0.05) is 51.1 Å². The Hall–Kier alpha value is -2.76. The van der Waals surface area contributed by atoms with E-state index in [1.54, 1.807) is 17.3 Å². The van der Waals surface area contributed by atoms with Crippen LogP contribution in [0.15, 0.2) is 45.8 Å². The van der Waals surface area contributed by atoms with Crippen molar-refractivity contribution < 1.29 is 18.7 Å². The van der Waals surface area contributed by atoms with Gasteiger partial charge in [0.05, 0.1) is 12.6 Å². The molecule has 0 aromatic carbocycles. The topological polar surface area (TPSA) is 108 Å². The van der Waals surface area contributed by atoms with Gasteiger partial charge in [-0.2, -0.15) is 0 Å². The van der Waals surface area contributed by atoms with Gasteiger partial charge in [0.1, 0.15) is 23.9 Å². The Balaban J connectivity index is 3.14. The van der Waals surface area contributed by atoms with E-state index < -0.39 is 18.4 Å². The predicted molar refractivity (Wildman–Crippen MR) is 152 cm³/mol. The van der Waals surface area contributed by atoms with Crippen molar-refractivity contribution in [1.82, 2.24) is 20.3 Å². The number of hydrazine groups is 2. The van der Waals surface area contributed by atoms with Crippen LogP contribution in [0, 0.1) is 0 Å². The van der Waals surface area contributed by atoms with Crippen LogP contribution in [-0.2, 0) is 9.47 Å². The van der Waals surface area contributed by atoms with E-state index in [0.29, 0.717) is 57.5 Å². The van der Waals surface area contributed by atoms with Crippen molar-refractivity contribution in [1.29, 1.82) is 0 Å². The van der Waals surface area contributed by atoms with Gasteiger partial charge in [-0.1, -0.05) is 6.92 Å². The van der Waals surface area contributed by atoms with E-state index in [4.69, 9.17) is 25.3 Å². The minimum Gasteiger partial charge on any atom is -0.443 e. The maximum absolute atomic E-state index is 13.8. The molecule has 0 bridgehead atoms. The molecule has 1 amide bonds. The number of rotatable bonds is 14. The Kier molecular flexibility index (Phi) is 14.8. The number of amides is 1. The molecule has 1 atom stereocenters. The fraction of sp³-hybridized carbons (Fsp3) is 0.667. The quantitative estimate of drug-likeness (QED) is 0.148. The van der Waals surface area contributed by atoms with E-state index in [1.165, 1.54) is 5.01 Å². The lowest BCUT2D eigenvalue weighted by molar-refractivity contribution is 0.0341. The summed E-state index contributed by atoms with van der Waals surface area (Å²) < 4.78 is 24.6. The third-order valence-electron chi connectivity index (χ3n) is 5.65. The number of carbonyl (C=O) groups is 1. The molecule has 1 aliphatic heterocycles. The fourth-order valence-electron chi connectivity index (χ4n) is 3.88. The minimum atomic E-state index is -0.619. The summed E-state index contributed by atoms with van der Waals surface area (Å²) in [5.41, 5.74) is 3.77. The van der Waals surface area contributed by atoms with Gasteiger partial charge >= 0.3 is 6.09 Å². The lowest BCUT2D eigenvalue weighted by atomic mass is 9.98. The number of ether oxygens (including phenoxy) is 2. The molecule has 0 saturated heterocycles. The number of nitrogens with two attached hydrogens (primary N) is 1. The van der Waals surface area contributed by atoms with Crippen LogP contribution < -0.4 is 11.3 Å². The highest BCUT2D eigenvalue weighted by atomic mass is 19.1. The van der Waals surface area contributed by atoms with E-state index in [0.717, 1.165) is 11.3 Å². The van der Waals surface area contributed by atoms with Gasteiger partial charge in [0.25, 0.3) is 0 Å². The smallest absolute Gasteiger partial charge is 0.422 e. The van der Waals surface area contributed by atoms with Crippen LogP contribution in [0.4, 0.5) is 9.18 Å². The molecule has 38 heavy (non-hydrogen) atoms. The molecule has 0 aromatic rings. The average Bonchev–Trinajstić information content (AvgIpc) is 2.85. The Morgan fingerprint density at radius 2 is 2.00 bits per heavy atom. The Morgan fingerprint density at radius 3 is 2.55 bits per heavy atom. The van der Waals surface area contributed by atoms with E-state index in [2.05, 4.69) is 10.3 Å². The van der Waals surface area contributed by atoms with Crippen LogP contribution in [0.2, 0.25) is 0 Å². The number of aliphatic imine (C=N–C) groups is 2.